The monoisotopic (exact) mass is 293 g/mol. The molecule has 68 valence electrons. The van der Waals surface area contributed by atoms with Gasteiger partial charge in [0.2, 0.25) is 0 Å². The Morgan fingerprint density at radius 2 is 1.92 bits per heavy atom. The smallest absolute Gasteiger partial charge is 0.372 e. The fourth-order valence-electron chi connectivity index (χ4n) is 0.729. The van der Waals surface area contributed by atoms with Crippen LogP contribution in [0.2, 0.25) is 0 Å². The highest BCUT2D eigenvalue weighted by Gasteiger charge is 2.05. The van der Waals surface area contributed by atoms with Crippen LogP contribution >= 0.6 is 22.6 Å². The van der Waals surface area contributed by atoms with Crippen molar-refractivity contribution in [2.45, 2.75) is 0 Å². The number of carbonyl (C=O) groups is 1. The minimum absolute atomic E-state index is 0.0340. The molecule has 0 unspecified atom stereocenters. The Labute approximate surface area is 87.0 Å². The molecule has 0 saturated heterocycles. The normalized spacial score (nSPS) is 9.31. The standard InChI is InChI=1S/C7H4INO4/c8-7(10)13-6-3-1-5(2-4-6)9(11)12/h1-4H. The number of nitro benzene ring substituents is 1. The van der Waals surface area contributed by atoms with Gasteiger partial charge in [-0.15, -0.1) is 0 Å². The zero-order valence-electron chi connectivity index (χ0n) is 6.27. The molecule has 0 atom stereocenters. The number of nitrogens with zero attached hydrogens (tertiary/aromatic N) is 1. The lowest BCUT2D eigenvalue weighted by molar-refractivity contribution is -0.384. The molecule has 0 aliphatic carbocycles. The van der Waals surface area contributed by atoms with Gasteiger partial charge >= 0.3 is 3.98 Å². The highest BCUT2D eigenvalue weighted by Crippen LogP contribution is 2.18. The molecule has 0 aliphatic rings. The summed E-state index contributed by atoms with van der Waals surface area (Å²) in [6.07, 6.45) is 0. The van der Waals surface area contributed by atoms with E-state index in [-0.39, 0.29) is 5.69 Å². The third-order valence-electron chi connectivity index (χ3n) is 1.25. The van der Waals surface area contributed by atoms with Gasteiger partial charge in [0.05, 0.1) is 27.5 Å². The molecular weight excluding hydrogens is 289 g/mol. The van der Waals surface area contributed by atoms with E-state index in [1.165, 1.54) is 46.9 Å². The van der Waals surface area contributed by atoms with Crippen LogP contribution in [-0.2, 0) is 0 Å². The van der Waals surface area contributed by atoms with E-state index in [1.807, 2.05) is 0 Å². The maximum absolute atomic E-state index is 10.5. The zero-order valence-corrected chi connectivity index (χ0v) is 8.43. The lowest BCUT2D eigenvalue weighted by Crippen LogP contribution is -1.95. The van der Waals surface area contributed by atoms with Crippen molar-refractivity contribution in [2.75, 3.05) is 0 Å². The fourth-order valence-corrected chi connectivity index (χ4v) is 0.983. The Bertz CT molecular complexity index is 335. The predicted molar refractivity (Wildman–Crippen MR) is 53.1 cm³/mol. The lowest BCUT2D eigenvalue weighted by Gasteiger charge is -1.97. The Morgan fingerprint density at radius 1 is 1.38 bits per heavy atom. The molecular formula is C7H4INO4. The number of halogens is 1. The molecule has 0 N–H and O–H groups in total. The molecule has 0 spiro atoms. The first-order chi connectivity index (χ1) is 6.09. The molecule has 0 bridgehead atoms. The first-order valence-electron chi connectivity index (χ1n) is 3.21. The third kappa shape index (κ3) is 2.98. The maximum Gasteiger partial charge on any atom is 0.372 e. The van der Waals surface area contributed by atoms with Gasteiger partial charge in [0.1, 0.15) is 5.75 Å². The Kier molecular flexibility index (Phi) is 3.18. The summed E-state index contributed by atoms with van der Waals surface area (Å²) in [5, 5.41) is 10.2. The third-order valence-corrected chi connectivity index (χ3v) is 1.47. The van der Waals surface area contributed by atoms with E-state index >= 15 is 0 Å². The lowest BCUT2D eigenvalue weighted by atomic mass is 10.3. The first kappa shape index (κ1) is 9.90. The average Bonchev–Trinajstić information content (AvgIpc) is 2.04. The number of carbonyl (C=O) groups excluding carboxylic acids is 1. The second kappa shape index (κ2) is 4.17. The molecule has 1 aromatic carbocycles. The average molecular weight is 293 g/mol. The molecule has 6 heteroatoms. The van der Waals surface area contributed by atoms with Gasteiger partial charge in [0, 0.05) is 12.1 Å². The van der Waals surface area contributed by atoms with Crippen LogP contribution in [0.4, 0.5) is 10.5 Å². The van der Waals surface area contributed by atoms with E-state index in [0.29, 0.717) is 5.75 Å². The van der Waals surface area contributed by atoms with E-state index in [1.54, 1.807) is 0 Å². The summed E-state index contributed by atoms with van der Waals surface area (Å²) in [6.45, 7) is 0. The van der Waals surface area contributed by atoms with E-state index in [4.69, 9.17) is 0 Å². The van der Waals surface area contributed by atoms with Crippen molar-refractivity contribution in [1.29, 1.82) is 0 Å². The SMILES string of the molecule is O=C(I)Oc1ccc([N+](=O)[O-])cc1. The fraction of sp³-hybridized carbons (Fsp3) is 0. The summed E-state index contributed by atoms with van der Waals surface area (Å²) in [7, 11) is 0. The second-order valence-corrected chi connectivity index (χ2v) is 2.97. The van der Waals surface area contributed by atoms with Gasteiger partial charge in [0.25, 0.3) is 5.69 Å². The largest absolute Gasteiger partial charge is 0.419 e. The van der Waals surface area contributed by atoms with E-state index in [2.05, 4.69) is 4.74 Å². The van der Waals surface area contributed by atoms with Gasteiger partial charge in [-0.25, -0.2) is 4.79 Å². The van der Waals surface area contributed by atoms with Gasteiger partial charge in [-0.3, -0.25) is 10.1 Å². The van der Waals surface area contributed by atoms with Crippen LogP contribution in [-0.4, -0.2) is 8.90 Å². The van der Waals surface area contributed by atoms with Gasteiger partial charge in [-0.1, -0.05) is 0 Å². The van der Waals surface area contributed by atoms with Crippen LogP contribution in [0.3, 0.4) is 0 Å². The summed E-state index contributed by atoms with van der Waals surface area (Å²) in [6, 6.07) is 5.28. The topological polar surface area (TPSA) is 69.4 Å². The highest BCUT2D eigenvalue weighted by atomic mass is 127. The summed E-state index contributed by atoms with van der Waals surface area (Å²) in [5.41, 5.74) is -0.0340. The van der Waals surface area contributed by atoms with Crippen molar-refractivity contribution in [3.63, 3.8) is 0 Å². The summed E-state index contributed by atoms with van der Waals surface area (Å²) < 4.78 is 4.19. The predicted octanol–water partition coefficient (Wildman–Crippen LogP) is 2.53. The summed E-state index contributed by atoms with van der Waals surface area (Å²) >= 11 is 1.47. The van der Waals surface area contributed by atoms with Crippen LogP contribution < -0.4 is 4.74 Å². The number of rotatable bonds is 2. The molecule has 1 rings (SSSR count). The molecule has 0 radical (unpaired) electrons. The van der Waals surface area contributed by atoms with Crippen molar-refractivity contribution >= 4 is 32.3 Å². The highest BCUT2D eigenvalue weighted by molar-refractivity contribution is 14.1. The molecule has 0 aliphatic heterocycles. The van der Waals surface area contributed by atoms with Gasteiger partial charge < -0.3 is 4.74 Å². The molecule has 0 heterocycles. The first-order valence-corrected chi connectivity index (χ1v) is 4.29. The van der Waals surface area contributed by atoms with Crippen LogP contribution in [0.5, 0.6) is 5.75 Å². The molecule has 5 nitrogen and oxygen atoms in total. The second-order valence-electron chi connectivity index (χ2n) is 2.09. The van der Waals surface area contributed by atoms with Gasteiger partial charge in [-0.05, 0) is 12.1 Å². The molecule has 0 saturated carbocycles. The van der Waals surface area contributed by atoms with E-state index in [9.17, 15) is 14.9 Å². The number of hydrogen-bond donors (Lipinski definition) is 0. The molecule has 0 amide bonds. The van der Waals surface area contributed by atoms with E-state index in [0.717, 1.165) is 0 Å². The van der Waals surface area contributed by atoms with Crippen molar-refractivity contribution in [3.05, 3.63) is 34.4 Å². The van der Waals surface area contributed by atoms with Crippen molar-refractivity contribution in [2.24, 2.45) is 0 Å². The summed E-state index contributed by atoms with van der Waals surface area (Å²) in [5.74, 6) is 0.296. The number of hydrogen-bond acceptors (Lipinski definition) is 4. The zero-order chi connectivity index (χ0) is 9.84. The van der Waals surface area contributed by atoms with Crippen LogP contribution in [0.1, 0.15) is 0 Å². The van der Waals surface area contributed by atoms with E-state index < -0.39 is 8.90 Å². The number of nitro groups is 1. The van der Waals surface area contributed by atoms with Crippen molar-refractivity contribution < 1.29 is 14.5 Å². The minimum atomic E-state index is -0.518. The number of non-ortho nitro benzene ring substituents is 1. The Morgan fingerprint density at radius 3 is 2.31 bits per heavy atom. The van der Waals surface area contributed by atoms with Crippen LogP contribution in [0, 0.1) is 10.1 Å². The van der Waals surface area contributed by atoms with Crippen molar-refractivity contribution in [1.82, 2.24) is 0 Å². The summed E-state index contributed by atoms with van der Waals surface area (Å²) in [4.78, 5) is 20.2. The van der Waals surface area contributed by atoms with Crippen molar-refractivity contribution in [3.8, 4) is 5.75 Å². The van der Waals surface area contributed by atoms with Crippen LogP contribution in [0.15, 0.2) is 24.3 Å². The quantitative estimate of drug-likeness (QED) is 0.363. The molecule has 13 heavy (non-hydrogen) atoms. The number of benzene rings is 1. The Hall–Kier alpha value is -1.18. The van der Waals surface area contributed by atoms with Crippen LogP contribution in [0.25, 0.3) is 0 Å². The molecule has 0 aromatic heterocycles. The van der Waals surface area contributed by atoms with Gasteiger partial charge in [-0.2, -0.15) is 0 Å². The maximum atomic E-state index is 10.5. The van der Waals surface area contributed by atoms with Gasteiger partial charge in [0.15, 0.2) is 0 Å². The molecule has 0 fully saturated rings. The number of ether oxygens (including phenoxy) is 1. The minimum Gasteiger partial charge on any atom is -0.419 e. The molecule has 1 aromatic rings. The Balaban J connectivity index is 2.81.